The Hall–Kier alpha value is -1.13. The molecule has 0 aliphatic heterocycles. The third kappa shape index (κ3) is 2.17. The molecule has 1 aromatic rings. The molecule has 0 saturated carbocycles. The van der Waals surface area contributed by atoms with Gasteiger partial charge in [-0.15, -0.1) is 0 Å². The molecule has 0 spiro atoms. The normalized spacial score (nSPS) is 10.1. The van der Waals surface area contributed by atoms with E-state index in [1.165, 1.54) is 7.11 Å². The molecule has 72 valence electrons. The number of ether oxygens (including phenoxy) is 1. The standard InChI is InChI=1S/C9H12FNO2/c1-13-9-4-2-3-7(5-10)8(9)6-11-12/h2-4,11-12H,5-6H2,1H3. The van der Waals surface area contributed by atoms with Crippen LogP contribution in [0.1, 0.15) is 11.1 Å². The lowest BCUT2D eigenvalue weighted by atomic mass is 10.1. The summed E-state index contributed by atoms with van der Waals surface area (Å²) in [6.45, 7) is -0.378. The van der Waals surface area contributed by atoms with Crippen molar-refractivity contribution in [1.82, 2.24) is 5.48 Å². The van der Waals surface area contributed by atoms with Crippen LogP contribution in [0.15, 0.2) is 18.2 Å². The second-order valence-corrected chi connectivity index (χ2v) is 2.57. The van der Waals surface area contributed by atoms with Crippen molar-refractivity contribution in [3.63, 3.8) is 0 Å². The van der Waals surface area contributed by atoms with Crippen molar-refractivity contribution in [2.45, 2.75) is 13.2 Å². The van der Waals surface area contributed by atoms with E-state index in [0.29, 0.717) is 16.9 Å². The third-order valence-electron chi connectivity index (χ3n) is 1.85. The molecule has 0 aliphatic carbocycles. The molecule has 3 nitrogen and oxygen atoms in total. The number of methoxy groups -OCH3 is 1. The van der Waals surface area contributed by atoms with E-state index in [9.17, 15) is 4.39 Å². The fourth-order valence-electron chi connectivity index (χ4n) is 1.21. The number of hydroxylamine groups is 1. The zero-order chi connectivity index (χ0) is 9.68. The Morgan fingerprint density at radius 3 is 2.85 bits per heavy atom. The second-order valence-electron chi connectivity index (χ2n) is 2.57. The summed E-state index contributed by atoms with van der Waals surface area (Å²) in [4.78, 5) is 0. The molecule has 13 heavy (non-hydrogen) atoms. The van der Waals surface area contributed by atoms with E-state index in [-0.39, 0.29) is 6.54 Å². The minimum absolute atomic E-state index is 0.184. The molecule has 0 bridgehead atoms. The Labute approximate surface area is 76.1 Å². The van der Waals surface area contributed by atoms with Gasteiger partial charge in [-0.25, -0.2) is 9.87 Å². The molecule has 2 N–H and O–H groups in total. The number of hydrogen-bond donors (Lipinski definition) is 2. The van der Waals surface area contributed by atoms with Crippen LogP contribution in [0.4, 0.5) is 4.39 Å². The summed E-state index contributed by atoms with van der Waals surface area (Å²) in [5, 5.41) is 8.53. The minimum Gasteiger partial charge on any atom is -0.496 e. The van der Waals surface area contributed by atoms with Crippen LogP contribution in [0.25, 0.3) is 0 Å². The first-order valence-electron chi connectivity index (χ1n) is 3.91. The Morgan fingerprint density at radius 1 is 1.54 bits per heavy atom. The van der Waals surface area contributed by atoms with Crippen molar-refractivity contribution in [1.29, 1.82) is 0 Å². The Bertz CT molecular complexity index is 256. The molecule has 0 heterocycles. The van der Waals surface area contributed by atoms with Gasteiger partial charge in [-0.05, 0) is 11.6 Å². The molecule has 1 aromatic carbocycles. The average Bonchev–Trinajstić information content (AvgIpc) is 2.18. The number of nitrogens with one attached hydrogen (secondary N) is 1. The van der Waals surface area contributed by atoms with Gasteiger partial charge in [0.25, 0.3) is 0 Å². The first-order valence-corrected chi connectivity index (χ1v) is 3.91. The second kappa shape index (κ2) is 4.79. The SMILES string of the molecule is COc1cccc(CF)c1CNO. The molecule has 0 aliphatic rings. The number of alkyl halides is 1. The number of rotatable bonds is 4. The van der Waals surface area contributed by atoms with Gasteiger partial charge in [0.15, 0.2) is 0 Å². The van der Waals surface area contributed by atoms with Gasteiger partial charge < -0.3 is 9.94 Å². The first kappa shape index (κ1) is 9.95. The Kier molecular flexibility index (Phi) is 3.67. The highest BCUT2D eigenvalue weighted by atomic mass is 19.1. The summed E-state index contributed by atoms with van der Waals surface area (Å²) in [6.07, 6.45) is 0. The summed E-state index contributed by atoms with van der Waals surface area (Å²) in [7, 11) is 1.51. The van der Waals surface area contributed by atoms with Crippen LogP contribution in [-0.2, 0) is 13.2 Å². The van der Waals surface area contributed by atoms with E-state index in [4.69, 9.17) is 9.94 Å². The third-order valence-corrected chi connectivity index (χ3v) is 1.85. The van der Waals surface area contributed by atoms with Crippen LogP contribution >= 0.6 is 0 Å². The predicted octanol–water partition coefficient (Wildman–Crippen LogP) is 1.64. The molecule has 0 radical (unpaired) electrons. The van der Waals surface area contributed by atoms with Crippen molar-refractivity contribution in [3.05, 3.63) is 29.3 Å². The molecule has 1 rings (SSSR count). The molecule has 0 saturated heterocycles. The lowest BCUT2D eigenvalue weighted by molar-refractivity contribution is 0.159. The van der Waals surface area contributed by atoms with Gasteiger partial charge in [0.05, 0.1) is 7.11 Å². The van der Waals surface area contributed by atoms with Gasteiger partial charge in [0.2, 0.25) is 0 Å². The van der Waals surface area contributed by atoms with Crippen molar-refractivity contribution in [3.8, 4) is 5.75 Å². The predicted molar refractivity (Wildman–Crippen MR) is 46.4 cm³/mol. The largest absolute Gasteiger partial charge is 0.496 e. The Morgan fingerprint density at radius 2 is 2.31 bits per heavy atom. The van der Waals surface area contributed by atoms with Crippen molar-refractivity contribution in [2.75, 3.05) is 7.11 Å². The fraction of sp³-hybridized carbons (Fsp3) is 0.333. The van der Waals surface area contributed by atoms with Gasteiger partial charge >= 0.3 is 0 Å². The monoisotopic (exact) mass is 185 g/mol. The highest BCUT2D eigenvalue weighted by Gasteiger charge is 2.07. The van der Waals surface area contributed by atoms with Gasteiger partial charge in [0.1, 0.15) is 12.4 Å². The summed E-state index contributed by atoms with van der Waals surface area (Å²) in [6, 6.07) is 5.11. The highest BCUT2D eigenvalue weighted by Crippen LogP contribution is 2.22. The molecule has 0 amide bonds. The molecule has 0 unspecified atom stereocenters. The summed E-state index contributed by atoms with van der Waals surface area (Å²) >= 11 is 0. The zero-order valence-electron chi connectivity index (χ0n) is 7.38. The van der Waals surface area contributed by atoms with Gasteiger partial charge in [0, 0.05) is 12.1 Å². The minimum atomic E-state index is -0.561. The van der Waals surface area contributed by atoms with E-state index in [0.717, 1.165) is 0 Å². The number of halogens is 1. The molecule has 4 heteroatoms. The smallest absolute Gasteiger partial charge is 0.123 e. The zero-order valence-corrected chi connectivity index (χ0v) is 7.38. The topological polar surface area (TPSA) is 41.5 Å². The lowest BCUT2D eigenvalue weighted by Crippen LogP contribution is -2.09. The summed E-state index contributed by atoms with van der Waals surface area (Å²) < 4.78 is 17.5. The van der Waals surface area contributed by atoms with Crippen LogP contribution in [0.5, 0.6) is 5.75 Å². The van der Waals surface area contributed by atoms with E-state index in [1.807, 2.05) is 5.48 Å². The van der Waals surface area contributed by atoms with Crippen LogP contribution in [0, 0.1) is 0 Å². The highest BCUT2D eigenvalue weighted by molar-refractivity contribution is 5.39. The quantitative estimate of drug-likeness (QED) is 0.701. The van der Waals surface area contributed by atoms with Crippen LogP contribution < -0.4 is 10.2 Å². The molecular weight excluding hydrogens is 173 g/mol. The van der Waals surface area contributed by atoms with E-state index < -0.39 is 6.67 Å². The number of hydrogen-bond acceptors (Lipinski definition) is 3. The van der Waals surface area contributed by atoms with Crippen molar-refractivity contribution in [2.24, 2.45) is 0 Å². The number of benzene rings is 1. The van der Waals surface area contributed by atoms with Gasteiger partial charge in [-0.3, -0.25) is 0 Å². The molecule has 0 atom stereocenters. The van der Waals surface area contributed by atoms with Gasteiger partial charge in [-0.2, -0.15) is 0 Å². The van der Waals surface area contributed by atoms with Crippen LogP contribution in [-0.4, -0.2) is 12.3 Å². The average molecular weight is 185 g/mol. The fourth-order valence-corrected chi connectivity index (χ4v) is 1.21. The maximum atomic E-state index is 12.5. The van der Waals surface area contributed by atoms with Crippen molar-refractivity contribution < 1.29 is 14.3 Å². The van der Waals surface area contributed by atoms with Crippen molar-refractivity contribution >= 4 is 0 Å². The molecule has 0 aromatic heterocycles. The maximum absolute atomic E-state index is 12.5. The molecule has 0 fully saturated rings. The first-order chi connectivity index (χ1) is 6.33. The van der Waals surface area contributed by atoms with E-state index in [2.05, 4.69) is 0 Å². The molecular formula is C9H12FNO2. The maximum Gasteiger partial charge on any atom is 0.123 e. The van der Waals surface area contributed by atoms with Crippen LogP contribution in [0.3, 0.4) is 0 Å². The summed E-state index contributed by atoms with van der Waals surface area (Å²) in [5.74, 6) is 0.580. The lowest BCUT2D eigenvalue weighted by Gasteiger charge is -2.10. The summed E-state index contributed by atoms with van der Waals surface area (Å²) in [5.41, 5.74) is 3.16. The Balaban J connectivity index is 3.05. The van der Waals surface area contributed by atoms with Crippen LogP contribution in [0.2, 0.25) is 0 Å². The van der Waals surface area contributed by atoms with E-state index >= 15 is 0 Å². The van der Waals surface area contributed by atoms with E-state index in [1.54, 1.807) is 18.2 Å². The van der Waals surface area contributed by atoms with Gasteiger partial charge in [-0.1, -0.05) is 12.1 Å².